The first-order valence-corrected chi connectivity index (χ1v) is 8.78. The summed E-state index contributed by atoms with van der Waals surface area (Å²) in [6, 6.07) is 0. The van der Waals surface area contributed by atoms with Gasteiger partial charge in [-0.05, 0) is 28.2 Å². The molecule has 0 aromatic heterocycles. The van der Waals surface area contributed by atoms with Gasteiger partial charge in [-0.3, -0.25) is 0 Å². The summed E-state index contributed by atoms with van der Waals surface area (Å²) in [5, 5.41) is 4.10. The van der Waals surface area contributed by atoms with Gasteiger partial charge in [-0.2, -0.15) is 0 Å². The molecule has 0 heterocycles. The first-order valence-electron chi connectivity index (χ1n) is 3.67. The van der Waals surface area contributed by atoms with Gasteiger partial charge in [0.15, 0.2) is 0 Å². The Hall–Kier alpha value is 0.872. The van der Waals surface area contributed by atoms with Crippen molar-refractivity contribution in [1.29, 1.82) is 0 Å². The summed E-state index contributed by atoms with van der Waals surface area (Å²) in [7, 11) is 13.7. The van der Waals surface area contributed by atoms with E-state index in [-0.39, 0.29) is 0 Å². The van der Waals surface area contributed by atoms with E-state index in [2.05, 4.69) is 38.0 Å². The Morgan fingerprint density at radius 1 is 0.917 bits per heavy atom. The predicted octanol–water partition coefficient (Wildman–Crippen LogP) is 1.96. The molecule has 0 radical (unpaired) electrons. The van der Waals surface area contributed by atoms with Gasteiger partial charge in [0.25, 0.3) is 0 Å². The average Bonchev–Trinajstić information content (AvgIpc) is 1.82. The molecule has 2 nitrogen and oxygen atoms in total. The Labute approximate surface area is 87.1 Å². The van der Waals surface area contributed by atoms with E-state index in [1.165, 1.54) is 0 Å². The van der Waals surface area contributed by atoms with Crippen LogP contribution in [0.5, 0.6) is 0 Å². The van der Waals surface area contributed by atoms with Gasteiger partial charge < -0.3 is 9.80 Å². The van der Waals surface area contributed by atoms with Crippen molar-refractivity contribution in [2.45, 2.75) is 10.8 Å². The first-order chi connectivity index (χ1) is 5.36. The van der Waals surface area contributed by atoms with Gasteiger partial charge in [-0.15, -0.1) is 0 Å². The van der Waals surface area contributed by atoms with Crippen LogP contribution >= 0.6 is 9.53 Å². The van der Waals surface area contributed by atoms with Crippen molar-refractivity contribution in [3.05, 3.63) is 0 Å². The number of hydrogen-bond donors (Lipinski definition) is 0. The van der Waals surface area contributed by atoms with Crippen LogP contribution in [0.1, 0.15) is 0 Å². The summed E-state index contributed by atoms with van der Waals surface area (Å²) in [6.45, 7) is 2.29. The molecule has 0 spiro atoms. The van der Waals surface area contributed by atoms with Gasteiger partial charge >= 0.3 is 36.1 Å². The van der Waals surface area contributed by atoms with Gasteiger partial charge in [-0.25, -0.2) is 0 Å². The zero-order valence-corrected chi connectivity index (χ0v) is 11.3. The summed E-state index contributed by atoms with van der Waals surface area (Å²) < 4.78 is 0. The van der Waals surface area contributed by atoms with Crippen molar-refractivity contribution in [3.8, 4) is 0 Å². The third-order valence-corrected chi connectivity index (χ3v) is 0.994. The minimum atomic E-state index is -0.511. The molecule has 81 valence electrons. The predicted molar refractivity (Wildman–Crippen MR) is 54.7 cm³/mol. The standard InChI is InChI=1S/C6H16N2.2CH3.ClH.Pd/c1-7(2)5-6-8(3)4;;;;/h5-6H2,1-4H3;2*1H3;1H;/q;;;;+1/p-1. The summed E-state index contributed by atoms with van der Waals surface area (Å²) in [5.74, 6) is 0. The van der Waals surface area contributed by atoms with Crippen LogP contribution in [0.15, 0.2) is 0 Å². The SMILES string of the molecule is CN(C)CCN(C)C.[CH3][Pd]([CH3])[Cl]. The molecule has 0 aromatic rings. The number of rotatable bonds is 3. The molecule has 0 saturated heterocycles. The van der Waals surface area contributed by atoms with E-state index in [1.807, 2.05) is 10.8 Å². The van der Waals surface area contributed by atoms with E-state index < -0.39 is 15.7 Å². The maximum absolute atomic E-state index is 5.39. The molecule has 0 N–H and O–H groups in total. The second kappa shape index (κ2) is 9.96. The van der Waals surface area contributed by atoms with E-state index >= 15 is 0 Å². The van der Waals surface area contributed by atoms with E-state index in [9.17, 15) is 0 Å². The molecule has 0 unspecified atom stereocenters. The minimum absolute atomic E-state index is 0.511. The van der Waals surface area contributed by atoms with Crippen molar-refractivity contribution in [1.82, 2.24) is 9.80 Å². The van der Waals surface area contributed by atoms with Gasteiger partial charge in [-0.1, -0.05) is 0 Å². The molecule has 0 aliphatic carbocycles. The quantitative estimate of drug-likeness (QED) is 0.733. The van der Waals surface area contributed by atoms with E-state index in [1.54, 1.807) is 0 Å². The number of hydrogen-bond acceptors (Lipinski definition) is 2. The Morgan fingerprint density at radius 2 is 1.08 bits per heavy atom. The van der Waals surface area contributed by atoms with Crippen LogP contribution in [-0.2, 0) is 15.7 Å². The van der Waals surface area contributed by atoms with Gasteiger partial charge in [0.1, 0.15) is 0 Å². The van der Waals surface area contributed by atoms with E-state index in [0.29, 0.717) is 0 Å². The van der Waals surface area contributed by atoms with Gasteiger partial charge in [0, 0.05) is 13.1 Å². The van der Waals surface area contributed by atoms with E-state index in [4.69, 9.17) is 9.53 Å². The Bertz CT molecular complexity index is 76.4. The zero-order valence-electron chi connectivity index (χ0n) is 9.00. The normalized spacial score (nSPS) is 11.2. The van der Waals surface area contributed by atoms with Gasteiger partial charge in [0.2, 0.25) is 0 Å². The van der Waals surface area contributed by atoms with Crippen molar-refractivity contribution < 1.29 is 15.7 Å². The number of likely N-dealkylation sites (N-methyl/N-ethyl adjacent to an activating group) is 2. The molecule has 0 aromatic carbocycles. The maximum atomic E-state index is 5.39. The molecular formula is C8H22ClN2Pd. The fourth-order valence-corrected chi connectivity index (χ4v) is 0.400. The summed E-state index contributed by atoms with van der Waals surface area (Å²) in [4.78, 5) is 4.36. The third-order valence-electron chi connectivity index (χ3n) is 0.994. The summed E-state index contributed by atoms with van der Waals surface area (Å²) in [6.07, 6.45) is 0. The van der Waals surface area contributed by atoms with Crippen LogP contribution in [0, 0.1) is 0 Å². The third kappa shape index (κ3) is 30.7. The number of halogens is 1. The monoisotopic (exact) mass is 287 g/mol. The molecule has 0 aliphatic rings. The first kappa shape index (κ1) is 15.3. The molecule has 0 saturated carbocycles. The summed E-state index contributed by atoms with van der Waals surface area (Å²) in [5.41, 5.74) is 0. The Morgan fingerprint density at radius 3 is 1.17 bits per heavy atom. The topological polar surface area (TPSA) is 6.48 Å². The number of nitrogens with zero attached hydrogens (tertiary/aromatic N) is 2. The second-order valence-electron chi connectivity index (χ2n) is 3.16. The zero-order chi connectivity index (χ0) is 10.1. The molecule has 0 fully saturated rings. The van der Waals surface area contributed by atoms with Crippen molar-refractivity contribution in [3.63, 3.8) is 0 Å². The van der Waals surface area contributed by atoms with Gasteiger partial charge in [0.05, 0.1) is 0 Å². The Balaban J connectivity index is 0. The van der Waals surface area contributed by atoms with Crippen LogP contribution in [0.4, 0.5) is 0 Å². The van der Waals surface area contributed by atoms with E-state index in [0.717, 1.165) is 13.1 Å². The molecule has 0 rings (SSSR count). The molecule has 0 bridgehead atoms. The van der Waals surface area contributed by atoms with Crippen LogP contribution in [0.3, 0.4) is 0 Å². The van der Waals surface area contributed by atoms with Crippen molar-refractivity contribution in [2.75, 3.05) is 41.3 Å². The van der Waals surface area contributed by atoms with Crippen molar-refractivity contribution >= 4 is 9.53 Å². The fraction of sp³-hybridized carbons (Fsp3) is 1.00. The van der Waals surface area contributed by atoms with Crippen LogP contribution in [0.2, 0.25) is 10.8 Å². The molecule has 4 heteroatoms. The Kier molecular flexibility index (Phi) is 12.7. The fourth-order valence-electron chi connectivity index (χ4n) is 0.400. The molecule has 0 atom stereocenters. The molecule has 0 aliphatic heterocycles. The molecular weight excluding hydrogens is 266 g/mol. The molecule has 12 heavy (non-hydrogen) atoms. The second-order valence-corrected chi connectivity index (χ2v) is 8.72. The van der Waals surface area contributed by atoms with Crippen LogP contribution < -0.4 is 0 Å². The van der Waals surface area contributed by atoms with Crippen LogP contribution in [-0.4, -0.2) is 51.1 Å². The van der Waals surface area contributed by atoms with Crippen LogP contribution in [0.25, 0.3) is 0 Å². The average molecular weight is 288 g/mol. The summed E-state index contributed by atoms with van der Waals surface area (Å²) >= 11 is -0.511. The van der Waals surface area contributed by atoms with Crippen molar-refractivity contribution in [2.24, 2.45) is 0 Å². The molecule has 0 amide bonds.